The van der Waals surface area contributed by atoms with Crippen molar-refractivity contribution in [1.82, 2.24) is 0 Å². The van der Waals surface area contributed by atoms with Crippen molar-refractivity contribution in [2.45, 2.75) is 125 Å². The van der Waals surface area contributed by atoms with Crippen LogP contribution in [0.1, 0.15) is 108 Å². The van der Waals surface area contributed by atoms with Crippen LogP contribution in [0.15, 0.2) is 11.6 Å². The number of methoxy groups -OCH3 is 1. The molecule has 1 aromatic carbocycles. The van der Waals surface area contributed by atoms with Crippen molar-refractivity contribution in [1.29, 1.82) is 0 Å². The van der Waals surface area contributed by atoms with Crippen molar-refractivity contribution in [3.8, 4) is 11.5 Å². The number of carbonyl (C=O) groups excluding carboxylic acids is 1. The van der Waals surface area contributed by atoms with E-state index in [1.165, 1.54) is 37.3 Å². The number of ether oxygens (including phenoxy) is 3. The molecule has 0 aromatic heterocycles. The minimum atomic E-state index is -0.274. The molecule has 0 N–H and O–H groups in total. The molecule has 0 spiro atoms. The third-order valence-electron chi connectivity index (χ3n) is 7.57. The standard InChI is InChI=1S/C31H50O4/c1-20(2)12-10-13-21(3)18-28(33-9)19-22(4)14-11-15-27-16-17-29-25(7)30(34-26(8)32)23(5)24(6)31(29)35-27/h14,20-21,27-28H,10-13,15-19H2,1-9H3/b22-14+. The summed E-state index contributed by atoms with van der Waals surface area (Å²) in [5.74, 6) is 2.93. The minimum Gasteiger partial charge on any atom is -0.490 e. The summed E-state index contributed by atoms with van der Waals surface area (Å²) in [6.07, 6.45) is 13.0. The van der Waals surface area contributed by atoms with Gasteiger partial charge in [0.1, 0.15) is 11.5 Å². The summed E-state index contributed by atoms with van der Waals surface area (Å²) in [7, 11) is 1.85. The molecule has 0 bridgehead atoms. The van der Waals surface area contributed by atoms with Gasteiger partial charge in [-0.05, 0) is 94.7 Å². The van der Waals surface area contributed by atoms with E-state index in [1.54, 1.807) is 0 Å². The van der Waals surface area contributed by atoms with Crippen LogP contribution >= 0.6 is 0 Å². The molecule has 3 atom stereocenters. The van der Waals surface area contributed by atoms with E-state index >= 15 is 0 Å². The zero-order valence-corrected chi connectivity index (χ0v) is 23.9. The van der Waals surface area contributed by atoms with Crippen LogP contribution in [0.3, 0.4) is 0 Å². The molecule has 0 fully saturated rings. The van der Waals surface area contributed by atoms with E-state index in [9.17, 15) is 4.79 Å². The quantitative estimate of drug-likeness (QED) is 0.160. The van der Waals surface area contributed by atoms with E-state index in [0.29, 0.717) is 17.8 Å². The molecule has 3 unspecified atom stereocenters. The molecule has 1 aromatic rings. The maximum Gasteiger partial charge on any atom is 0.308 e. The molecule has 0 aliphatic carbocycles. The van der Waals surface area contributed by atoms with Gasteiger partial charge in [-0.2, -0.15) is 0 Å². The molecule has 4 heteroatoms. The van der Waals surface area contributed by atoms with E-state index in [4.69, 9.17) is 14.2 Å². The largest absolute Gasteiger partial charge is 0.490 e. The Morgan fingerprint density at radius 2 is 1.80 bits per heavy atom. The normalized spacial score (nSPS) is 17.7. The Labute approximate surface area is 214 Å². The van der Waals surface area contributed by atoms with Crippen LogP contribution in [-0.2, 0) is 16.0 Å². The Kier molecular flexibility index (Phi) is 11.8. The van der Waals surface area contributed by atoms with Gasteiger partial charge in [0, 0.05) is 19.6 Å². The number of carbonyl (C=O) groups is 1. The van der Waals surface area contributed by atoms with Gasteiger partial charge in [-0.1, -0.05) is 51.7 Å². The predicted octanol–water partition coefficient (Wildman–Crippen LogP) is 8.21. The zero-order valence-electron chi connectivity index (χ0n) is 23.9. The fraction of sp³-hybridized carbons (Fsp3) is 0.710. The van der Waals surface area contributed by atoms with Crippen LogP contribution in [0.2, 0.25) is 0 Å². The smallest absolute Gasteiger partial charge is 0.308 e. The summed E-state index contributed by atoms with van der Waals surface area (Å²) >= 11 is 0. The van der Waals surface area contributed by atoms with Crippen LogP contribution in [0.4, 0.5) is 0 Å². The van der Waals surface area contributed by atoms with Gasteiger partial charge >= 0.3 is 5.97 Å². The van der Waals surface area contributed by atoms with Crippen molar-refractivity contribution in [3.05, 3.63) is 33.9 Å². The molecule has 1 heterocycles. The molecule has 4 nitrogen and oxygen atoms in total. The van der Waals surface area contributed by atoms with E-state index in [2.05, 4.69) is 40.7 Å². The molecule has 1 aliphatic rings. The average molecular weight is 487 g/mol. The van der Waals surface area contributed by atoms with Crippen molar-refractivity contribution < 1.29 is 19.0 Å². The van der Waals surface area contributed by atoms with Crippen LogP contribution in [-0.4, -0.2) is 25.3 Å². The molecule has 0 saturated heterocycles. The highest BCUT2D eigenvalue weighted by Gasteiger charge is 2.27. The first-order chi connectivity index (χ1) is 16.5. The topological polar surface area (TPSA) is 44.8 Å². The fourth-order valence-corrected chi connectivity index (χ4v) is 5.31. The summed E-state index contributed by atoms with van der Waals surface area (Å²) in [5.41, 5.74) is 5.73. The Hall–Kier alpha value is -1.81. The second kappa shape index (κ2) is 14.1. The number of esters is 1. The van der Waals surface area contributed by atoms with Gasteiger partial charge in [-0.15, -0.1) is 0 Å². The lowest BCUT2D eigenvalue weighted by molar-refractivity contribution is -0.132. The summed E-state index contributed by atoms with van der Waals surface area (Å²) in [6.45, 7) is 16.8. The van der Waals surface area contributed by atoms with E-state index in [1.807, 2.05) is 21.0 Å². The monoisotopic (exact) mass is 486 g/mol. The Morgan fingerprint density at radius 3 is 2.43 bits per heavy atom. The molecule has 0 radical (unpaired) electrons. The van der Waals surface area contributed by atoms with Crippen molar-refractivity contribution in [2.75, 3.05) is 7.11 Å². The number of hydrogen-bond donors (Lipinski definition) is 0. The van der Waals surface area contributed by atoms with Gasteiger partial charge < -0.3 is 14.2 Å². The summed E-state index contributed by atoms with van der Waals surface area (Å²) in [6, 6.07) is 0. The first-order valence-electron chi connectivity index (χ1n) is 13.7. The molecule has 198 valence electrons. The molecule has 1 aliphatic heterocycles. The molecule has 2 rings (SSSR count). The SMILES string of the molecule is COC(C/C(C)=C/CCC1CCc2c(C)c(OC(C)=O)c(C)c(C)c2O1)CC(C)CCCC(C)C. The number of allylic oxidation sites excluding steroid dienone is 1. The second-order valence-electron chi connectivity index (χ2n) is 11.2. The van der Waals surface area contributed by atoms with Crippen LogP contribution in [0.25, 0.3) is 0 Å². The van der Waals surface area contributed by atoms with Gasteiger partial charge in [-0.3, -0.25) is 4.79 Å². The van der Waals surface area contributed by atoms with Crippen molar-refractivity contribution >= 4 is 5.97 Å². The highest BCUT2D eigenvalue weighted by atomic mass is 16.5. The lowest BCUT2D eigenvalue weighted by Crippen LogP contribution is -2.24. The fourth-order valence-electron chi connectivity index (χ4n) is 5.31. The molecule has 35 heavy (non-hydrogen) atoms. The third-order valence-corrected chi connectivity index (χ3v) is 7.57. The van der Waals surface area contributed by atoms with Gasteiger partial charge in [0.25, 0.3) is 0 Å². The predicted molar refractivity (Wildman–Crippen MR) is 146 cm³/mol. The average Bonchev–Trinajstić information content (AvgIpc) is 2.79. The van der Waals surface area contributed by atoms with Gasteiger partial charge in [-0.25, -0.2) is 0 Å². The lowest BCUT2D eigenvalue weighted by Gasteiger charge is -2.30. The zero-order chi connectivity index (χ0) is 26.1. The van der Waals surface area contributed by atoms with Crippen LogP contribution in [0.5, 0.6) is 11.5 Å². The first-order valence-corrected chi connectivity index (χ1v) is 13.7. The van der Waals surface area contributed by atoms with Crippen LogP contribution < -0.4 is 9.47 Å². The third kappa shape index (κ3) is 8.97. The second-order valence-corrected chi connectivity index (χ2v) is 11.2. The summed E-state index contributed by atoms with van der Waals surface area (Å²) < 4.78 is 17.8. The summed E-state index contributed by atoms with van der Waals surface area (Å²) in [4.78, 5) is 11.6. The Morgan fingerprint density at radius 1 is 1.09 bits per heavy atom. The highest BCUT2D eigenvalue weighted by molar-refractivity contribution is 5.72. The molecular weight excluding hydrogens is 436 g/mol. The van der Waals surface area contributed by atoms with Gasteiger partial charge in [0.15, 0.2) is 0 Å². The van der Waals surface area contributed by atoms with E-state index in [0.717, 1.165) is 66.9 Å². The first kappa shape index (κ1) is 29.4. The molecular formula is C31H50O4. The number of fused-ring (bicyclic) bond motifs is 1. The Balaban J connectivity index is 1.89. The Bertz CT molecular complexity index is 867. The molecule has 0 amide bonds. The summed E-state index contributed by atoms with van der Waals surface area (Å²) in [5, 5.41) is 0. The number of benzene rings is 1. The van der Waals surface area contributed by atoms with Crippen molar-refractivity contribution in [2.24, 2.45) is 11.8 Å². The van der Waals surface area contributed by atoms with Crippen molar-refractivity contribution in [3.63, 3.8) is 0 Å². The van der Waals surface area contributed by atoms with E-state index in [-0.39, 0.29) is 12.1 Å². The van der Waals surface area contributed by atoms with Crippen LogP contribution in [0, 0.1) is 32.6 Å². The minimum absolute atomic E-state index is 0.225. The number of rotatable bonds is 13. The lowest BCUT2D eigenvalue weighted by atomic mass is 9.90. The maximum absolute atomic E-state index is 11.6. The number of hydrogen-bond acceptors (Lipinski definition) is 4. The highest BCUT2D eigenvalue weighted by Crippen LogP contribution is 2.42. The van der Waals surface area contributed by atoms with Gasteiger partial charge in [0.05, 0.1) is 12.2 Å². The van der Waals surface area contributed by atoms with E-state index < -0.39 is 0 Å². The maximum atomic E-state index is 11.6. The van der Waals surface area contributed by atoms with Gasteiger partial charge in [0.2, 0.25) is 0 Å². The molecule has 0 saturated carbocycles.